The van der Waals surface area contributed by atoms with E-state index in [0.717, 1.165) is 27.9 Å². The first-order chi connectivity index (χ1) is 12.8. The fourth-order valence-electron chi connectivity index (χ4n) is 3.07. The third kappa shape index (κ3) is 2.28. The number of benzene rings is 1. The fraction of sp³-hybridized carbons (Fsp3) is 0. The van der Waals surface area contributed by atoms with Crippen LogP contribution < -0.4 is 10.5 Å². The van der Waals surface area contributed by atoms with E-state index in [-0.39, 0.29) is 0 Å². The molecule has 0 amide bonds. The molecule has 0 atom stereocenters. The number of hydrogen-bond acceptors (Lipinski definition) is 5. The summed E-state index contributed by atoms with van der Waals surface area (Å²) < 4.78 is 13.3. The number of nitrogens with zero attached hydrogens (tertiary/aromatic N) is 3. The molecule has 0 fully saturated rings. The second-order valence-corrected chi connectivity index (χ2v) is 5.87. The highest BCUT2D eigenvalue weighted by Gasteiger charge is 2.11. The van der Waals surface area contributed by atoms with E-state index in [0.29, 0.717) is 17.3 Å². The number of fused-ring (bicyclic) bond motifs is 2. The molecule has 0 aliphatic rings. The largest absolute Gasteiger partial charge is 0.464 e. The fourth-order valence-corrected chi connectivity index (χ4v) is 3.07. The molecule has 126 valence electrons. The molecule has 0 aliphatic carbocycles. The van der Waals surface area contributed by atoms with E-state index >= 15 is 0 Å². The van der Waals surface area contributed by atoms with Crippen LogP contribution in [0.5, 0.6) is 11.6 Å². The predicted molar refractivity (Wildman–Crippen MR) is 99.1 cm³/mol. The average molecular weight is 342 g/mol. The number of hydrogen-bond donors (Lipinski definition) is 1. The maximum absolute atomic E-state index is 6.31. The molecule has 2 N–H and O–H groups in total. The Morgan fingerprint density at radius 2 is 1.96 bits per heavy atom. The van der Waals surface area contributed by atoms with Crippen molar-refractivity contribution >= 4 is 22.3 Å². The number of imidazole rings is 1. The van der Waals surface area contributed by atoms with Crippen LogP contribution in [-0.2, 0) is 0 Å². The number of aromatic nitrogens is 3. The first kappa shape index (κ1) is 14.5. The van der Waals surface area contributed by atoms with Gasteiger partial charge in [-0.05, 0) is 36.4 Å². The molecule has 0 bridgehead atoms. The van der Waals surface area contributed by atoms with Crippen molar-refractivity contribution in [1.82, 2.24) is 14.4 Å². The van der Waals surface area contributed by atoms with Gasteiger partial charge < -0.3 is 14.9 Å². The molecule has 4 heterocycles. The number of rotatable bonds is 3. The Morgan fingerprint density at radius 1 is 1.00 bits per heavy atom. The molecule has 0 unspecified atom stereocenters. The second-order valence-electron chi connectivity index (χ2n) is 5.87. The van der Waals surface area contributed by atoms with Crippen LogP contribution in [0.1, 0.15) is 0 Å². The molecular formula is C20H14N4O2. The van der Waals surface area contributed by atoms with E-state index in [1.54, 1.807) is 30.8 Å². The highest BCUT2D eigenvalue weighted by atomic mass is 16.5. The maximum atomic E-state index is 6.31. The van der Waals surface area contributed by atoms with Crippen LogP contribution in [0.2, 0.25) is 0 Å². The molecule has 6 heteroatoms. The van der Waals surface area contributed by atoms with Gasteiger partial charge in [0.25, 0.3) is 0 Å². The van der Waals surface area contributed by atoms with E-state index in [1.807, 2.05) is 47.0 Å². The summed E-state index contributed by atoms with van der Waals surface area (Å²) in [5.41, 5.74) is 10.4. The zero-order chi connectivity index (χ0) is 17.5. The van der Waals surface area contributed by atoms with Crippen molar-refractivity contribution in [2.45, 2.75) is 0 Å². The maximum Gasteiger partial charge on any atom is 0.230 e. The van der Waals surface area contributed by atoms with Gasteiger partial charge >= 0.3 is 0 Å². The monoisotopic (exact) mass is 342 g/mol. The van der Waals surface area contributed by atoms with Gasteiger partial charge in [-0.3, -0.25) is 4.40 Å². The predicted octanol–water partition coefficient (Wildman–Crippen LogP) is 4.52. The normalized spacial score (nSPS) is 11.2. The van der Waals surface area contributed by atoms with Crippen molar-refractivity contribution in [2.75, 3.05) is 5.73 Å². The summed E-state index contributed by atoms with van der Waals surface area (Å²) in [6.45, 7) is 0. The molecular weight excluding hydrogens is 328 g/mol. The summed E-state index contributed by atoms with van der Waals surface area (Å²) in [6, 6.07) is 15.2. The molecule has 0 saturated carbocycles. The Kier molecular flexibility index (Phi) is 3.15. The number of ether oxygens (including phenoxy) is 1. The van der Waals surface area contributed by atoms with Gasteiger partial charge in [0, 0.05) is 35.9 Å². The Labute approximate surface area is 148 Å². The molecule has 4 aromatic heterocycles. The van der Waals surface area contributed by atoms with Gasteiger partial charge in [0.1, 0.15) is 17.0 Å². The zero-order valence-corrected chi connectivity index (χ0v) is 13.7. The van der Waals surface area contributed by atoms with Gasteiger partial charge in [-0.1, -0.05) is 6.07 Å². The minimum atomic E-state index is 0.486. The second kappa shape index (κ2) is 5.63. The van der Waals surface area contributed by atoms with Gasteiger partial charge in [0.05, 0.1) is 17.3 Å². The summed E-state index contributed by atoms with van der Waals surface area (Å²) in [5, 5.41) is 0.818. The van der Waals surface area contributed by atoms with Crippen LogP contribution in [0.4, 0.5) is 5.69 Å². The Morgan fingerprint density at radius 3 is 2.88 bits per heavy atom. The van der Waals surface area contributed by atoms with Crippen molar-refractivity contribution in [3.8, 4) is 22.9 Å². The molecule has 5 rings (SSSR count). The standard InChI is InChI=1S/C20H14N4O2/c21-16-12-13(26-20-15-7-11-25-18(15)6-8-23-20)4-5-14(16)17-2-1-3-19-22-9-10-24(17)19/h1-12H,21H2. The van der Waals surface area contributed by atoms with E-state index < -0.39 is 0 Å². The van der Waals surface area contributed by atoms with Crippen LogP contribution in [0.3, 0.4) is 0 Å². The first-order valence-corrected chi connectivity index (χ1v) is 8.12. The molecule has 26 heavy (non-hydrogen) atoms. The van der Waals surface area contributed by atoms with E-state index in [9.17, 15) is 0 Å². The van der Waals surface area contributed by atoms with Crippen molar-refractivity contribution in [3.05, 3.63) is 73.4 Å². The summed E-state index contributed by atoms with van der Waals surface area (Å²) in [6.07, 6.45) is 6.95. The molecule has 0 saturated heterocycles. The number of furan rings is 1. The third-order valence-electron chi connectivity index (χ3n) is 4.29. The molecule has 5 aromatic rings. The van der Waals surface area contributed by atoms with Crippen molar-refractivity contribution in [1.29, 1.82) is 0 Å². The minimum Gasteiger partial charge on any atom is -0.464 e. The van der Waals surface area contributed by atoms with Gasteiger partial charge in [-0.25, -0.2) is 9.97 Å². The quantitative estimate of drug-likeness (QED) is 0.488. The number of pyridine rings is 2. The first-order valence-electron chi connectivity index (χ1n) is 8.12. The lowest BCUT2D eigenvalue weighted by molar-refractivity contribution is 0.469. The molecule has 0 spiro atoms. The van der Waals surface area contributed by atoms with Crippen LogP contribution in [-0.4, -0.2) is 14.4 Å². The smallest absolute Gasteiger partial charge is 0.230 e. The number of anilines is 1. The number of nitrogens with two attached hydrogens (primary N) is 1. The summed E-state index contributed by atoms with van der Waals surface area (Å²) >= 11 is 0. The average Bonchev–Trinajstić information content (AvgIpc) is 3.31. The van der Waals surface area contributed by atoms with E-state index in [2.05, 4.69) is 9.97 Å². The lowest BCUT2D eigenvalue weighted by Crippen LogP contribution is -1.96. The SMILES string of the molecule is Nc1cc(Oc2nccc3occc23)ccc1-c1cccc2nccn12. The molecule has 0 radical (unpaired) electrons. The van der Waals surface area contributed by atoms with Gasteiger partial charge in [0.15, 0.2) is 0 Å². The zero-order valence-electron chi connectivity index (χ0n) is 13.7. The topological polar surface area (TPSA) is 78.6 Å². The molecule has 0 aliphatic heterocycles. The highest BCUT2D eigenvalue weighted by molar-refractivity contribution is 5.82. The van der Waals surface area contributed by atoms with Crippen molar-refractivity contribution < 1.29 is 9.15 Å². The Hall–Kier alpha value is -3.80. The van der Waals surface area contributed by atoms with Crippen LogP contribution in [0.25, 0.3) is 27.9 Å². The minimum absolute atomic E-state index is 0.486. The Bertz CT molecular complexity index is 1240. The lowest BCUT2D eigenvalue weighted by atomic mass is 10.1. The molecule has 6 nitrogen and oxygen atoms in total. The van der Waals surface area contributed by atoms with Gasteiger partial charge in [-0.15, -0.1) is 0 Å². The highest BCUT2D eigenvalue weighted by Crippen LogP contribution is 2.33. The van der Waals surface area contributed by atoms with Gasteiger partial charge in [0.2, 0.25) is 5.88 Å². The summed E-state index contributed by atoms with van der Waals surface area (Å²) in [4.78, 5) is 8.60. The van der Waals surface area contributed by atoms with Crippen LogP contribution in [0.15, 0.2) is 77.8 Å². The lowest BCUT2D eigenvalue weighted by Gasteiger charge is -2.11. The number of nitrogen functional groups attached to an aromatic ring is 1. The van der Waals surface area contributed by atoms with Crippen molar-refractivity contribution in [3.63, 3.8) is 0 Å². The molecule has 1 aromatic carbocycles. The van der Waals surface area contributed by atoms with Gasteiger partial charge in [-0.2, -0.15) is 0 Å². The summed E-state index contributed by atoms with van der Waals surface area (Å²) in [5.74, 6) is 1.10. The summed E-state index contributed by atoms with van der Waals surface area (Å²) in [7, 11) is 0. The van der Waals surface area contributed by atoms with Crippen molar-refractivity contribution in [2.24, 2.45) is 0 Å². The van der Waals surface area contributed by atoms with E-state index in [1.165, 1.54) is 0 Å². The van der Waals surface area contributed by atoms with E-state index in [4.69, 9.17) is 14.9 Å². The van der Waals surface area contributed by atoms with Crippen LogP contribution >= 0.6 is 0 Å². The Balaban J connectivity index is 1.54. The van der Waals surface area contributed by atoms with Crippen LogP contribution in [0, 0.1) is 0 Å². The third-order valence-corrected chi connectivity index (χ3v) is 4.29.